The first kappa shape index (κ1) is 35.9. The number of para-hydroxylation sites is 2. The molecule has 0 bridgehead atoms. The third-order valence-electron chi connectivity index (χ3n) is 10.4. The molecular formula is C42H37N11O3S2. The molecule has 290 valence electrons. The number of rotatable bonds is 9. The van der Waals surface area contributed by atoms with Crippen molar-refractivity contribution in [3.05, 3.63) is 120 Å². The van der Waals surface area contributed by atoms with E-state index in [0.29, 0.717) is 53.2 Å². The molecule has 2 amide bonds. The van der Waals surface area contributed by atoms with E-state index in [-0.39, 0.29) is 18.0 Å². The number of nitrogens with zero attached hydrogens (tertiary/aromatic N) is 7. The number of pyridine rings is 2. The zero-order valence-corrected chi connectivity index (χ0v) is 32.7. The number of nitrogens with one attached hydrogen (secondary N) is 4. The van der Waals surface area contributed by atoms with Gasteiger partial charge < -0.3 is 34.7 Å². The average Bonchev–Trinajstić information content (AvgIpc) is 4.10. The molecule has 4 N–H and O–H groups in total. The normalized spacial score (nSPS) is 15.9. The molecule has 2 aliphatic rings. The number of furan rings is 1. The van der Waals surface area contributed by atoms with Crippen LogP contribution in [-0.2, 0) is 0 Å². The molecule has 8 aromatic rings. The van der Waals surface area contributed by atoms with E-state index in [1.54, 1.807) is 30.2 Å². The van der Waals surface area contributed by atoms with E-state index in [2.05, 4.69) is 68.8 Å². The number of fused-ring (bicyclic) bond motifs is 2. The Morgan fingerprint density at radius 2 is 1.36 bits per heavy atom. The molecule has 6 aromatic heterocycles. The van der Waals surface area contributed by atoms with Gasteiger partial charge in [-0.2, -0.15) is 0 Å². The second-order valence-electron chi connectivity index (χ2n) is 14.0. The fraction of sp³-hybridized carbons (Fsp3) is 0.190. The average molecular weight is 808 g/mol. The predicted molar refractivity (Wildman–Crippen MR) is 229 cm³/mol. The maximum atomic E-state index is 13.7. The quantitative estimate of drug-likeness (QED) is 0.120. The first-order valence-corrected chi connectivity index (χ1v) is 20.8. The van der Waals surface area contributed by atoms with Crippen LogP contribution < -0.4 is 31.1 Å². The van der Waals surface area contributed by atoms with Crippen molar-refractivity contribution in [1.82, 2.24) is 35.1 Å². The molecule has 0 aliphatic carbocycles. The molecule has 0 radical (unpaired) electrons. The summed E-state index contributed by atoms with van der Waals surface area (Å²) in [6.45, 7) is 5.43. The smallest absolute Gasteiger partial charge is 0.275 e. The van der Waals surface area contributed by atoms with Crippen LogP contribution in [0, 0.1) is 0 Å². The third kappa shape index (κ3) is 6.96. The fourth-order valence-electron chi connectivity index (χ4n) is 7.67. The Morgan fingerprint density at radius 1 is 0.724 bits per heavy atom. The topological polar surface area (TPSA) is 158 Å². The lowest BCUT2D eigenvalue weighted by Crippen LogP contribution is -2.48. The third-order valence-corrected chi connectivity index (χ3v) is 12.2. The molecule has 8 heterocycles. The number of carbonyl (C=O) groups excluding carboxylic acids is 2. The number of hydrogen-bond acceptors (Lipinski definition) is 13. The van der Waals surface area contributed by atoms with E-state index >= 15 is 0 Å². The number of benzene rings is 2. The summed E-state index contributed by atoms with van der Waals surface area (Å²) in [5.41, 5.74) is 6.41. The van der Waals surface area contributed by atoms with Gasteiger partial charge in [0.15, 0.2) is 10.8 Å². The molecule has 0 spiro atoms. The van der Waals surface area contributed by atoms with Crippen molar-refractivity contribution < 1.29 is 14.0 Å². The van der Waals surface area contributed by atoms with Gasteiger partial charge in [-0.15, -0.1) is 22.7 Å². The van der Waals surface area contributed by atoms with E-state index in [9.17, 15) is 9.59 Å². The summed E-state index contributed by atoms with van der Waals surface area (Å²) in [4.78, 5) is 49.9. The number of amides is 2. The van der Waals surface area contributed by atoms with Gasteiger partial charge in [0.1, 0.15) is 28.1 Å². The molecule has 10 rings (SSSR count). The molecule has 1 atom stereocenters. The van der Waals surface area contributed by atoms with Crippen molar-refractivity contribution >= 4 is 79.1 Å². The minimum absolute atomic E-state index is 0.163. The van der Waals surface area contributed by atoms with E-state index in [4.69, 9.17) is 9.40 Å². The van der Waals surface area contributed by atoms with Crippen LogP contribution in [0.15, 0.2) is 113 Å². The van der Waals surface area contributed by atoms with Crippen LogP contribution in [0.3, 0.4) is 0 Å². The van der Waals surface area contributed by atoms with E-state index in [1.165, 1.54) is 22.7 Å². The SMILES string of the molecule is O=C(Nc1cnccc1N1CCNC(n2c(-c3nc(C(=O)Nc4cnccc4N4CCNCC4)cs3)cc3ccccc32)C1)c1csc(-c2cc3ccccc3o2)n1. The zero-order valence-electron chi connectivity index (χ0n) is 31.1. The van der Waals surface area contributed by atoms with Crippen LogP contribution in [0.5, 0.6) is 0 Å². The molecule has 2 aliphatic heterocycles. The lowest BCUT2D eigenvalue weighted by atomic mass is 10.2. The zero-order chi connectivity index (χ0) is 39.0. The minimum Gasteiger partial charge on any atom is -0.454 e. The summed E-state index contributed by atoms with van der Waals surface area (Å²) in [7, 11) is 0. The van der Waals surface area contributed by atoms with E-state index in [1.807, 2.05) is 60.0 Å². The van der Waals surface area contributed by atoms with Gasteiger partial charge in [0.2, 0.25) is 0 Å². The Labute approximate surface area is 340 Å². The van der Waals surface area contributed by atoms with Gasteiger partial charge >= 0.3 is 0 Å². The highest BCUT2D eigenvalue weighted by Gasteiger charge is 2.28. The van der Waals surface area contributed by atoms with Crippen LogP contribution in [0.2, 0.25) is 0 Å². The highest BCUT2D eigenvalue weighted by molar-refractivity contribution is 7.13. The monoisotopic (exact) mass is 807 g/mol. The maximum absolute atomic E-state index is 13.7. The predicted octanol–water partition coefficient (Wildman–Crippen LogP) is 6.95. The minimum atomic E-state index is -0.328. The lowest BCUT2D eigenvalue weighted by Gasteiger charge is -2.37. The van der Waals surface area contributed by atoms with E-state index < -0.39 is 0 Å². The van der Waals surface area contributed by atoms with Crippen LogP contribution in [0.4, 0.5) is 22.7 Å². The molecule has 1 unspecified atom stereocenters. The molecule has 2 aromatic carbocycles. The van der Waals surface area contributed by atoms with Gasteiger partial charge in [0.25, 0.3) is 11.8 Å². The molecular weight excluding hydrogens is 771 g/mol. The molecule has 0 saturated carbocycles. The number of aromatic nitrogens is 5. The maximum Gasteiger partial charge on any atom is 0.275 e. The number of piperazine rings is 2. The largest absolute Gasteiger partial charge is 0.454 e. The van der Waals surface area contributed by atoms with Crippen molar-refractivity contribution in [2.24, 2.45) is 0 Å². The van der Waals surface area contributed by atoms with Gasteiger partial charge in [0.05, 0.1) is 52.9 Å². The summed E-state index contributed by atoms with van der Waals surface area (Å²) >= 11 is 2.80. The number of carbonyl (C=O) groups is 2. The second-order valence-corrected chi connectivity index (χ2v) is 15.7. The Hall–Kier alpha value is -6.46. The molecule has 14 nitrogen and oxygen atoms in total. The Bertz CT molecular complexity index is 2750. The van der Waals surface area contributed by atoms with Gasteiger partial charge in [-0.1, -0.05) is 36.4 Å². The van der Waals surface area contributed by atoms with E-state index in [0.717, 1.165) is 70.1 Å². The summed E-state index contributed by atoms with van der Waals surface area (Å²) in [6, 6.07) is 24.0. The van der Waals surface area contributed by atoms with Crippen LogP contribution >= 0.6 is 22.7 Å². The summed E-state index contributed by atoms with van der Waals surface area (Å²) in [5.74, 6) is 0.00979. The number of thiazole rings is 2. The Morgan fingerprint density at radius 3 is 2.10 bits per heavy atom. The first-order chi connectivity index (χ1) is 28.6. The molecule has 58 heavy (non-hydrogen) atoms. The molecule has 2 saturated heterocycles. The van der Waals surface area contributed by atoms with Crippen molar-refractivity contribution in [2.45, 2.75) is 6.17 Å². The Balaban J connectivity index is 0.891. The highest BCUT2D eigenvalue weighted by Crippen LogP contribution is 2.36. The summed E-state index contributed by atoms with van der Waals surface area (Å²) < 4.78 is 8.25. The first-order valence-electron chi connectivity index (χ1n) is 19.0. The standard InChI is InChI=1S/C42H37N11O3S2/c54-39(47-28-21-44-11-9-33(28)51-16-13-43-14-17-51)30-24-57-41(49-30)35-19-26-5-1-3-7-32(26)53(35)38-23-52(18-15-46-38)34-10-12-45-22-29(34)48-40(55)31-25-58-42(50-31)37-20-27-6-2-4-8-36(27)56-37/h1-12,19-22,24-25,38,43,46H,13-18,23H2,(H,47,54)(H,48,55). The fourth-order valence-corrected chi connectivity index (χ4v) is 9.23. The van der Waals surface area contributed by atoms with Crippen molar-refractivity contribution in [3.63, 3.8) is 0 Å². The lowest BCUT2D eigenvalue weighted by molar-refractivity contribution is 0.101. The highest BCUT2D eigenvalue weighted by atomic mass is 32.1. The van der Waals surface area contributed by atoms with Crippen molar-refractivity contribution in [2.75, 3.05) is 66.2 Å². The number of anilines is 4. The van der Waals surface area contributed by atoms with Gasteiger partial charge in [0, 0.05) is 73.2 Å². The molecule has 2 fully saturated rings. The van der Waals surface area contributed by atoms with Gasteiger partial charge in [-0.05, 0) is 36.4 Å². The number of hydrogen-bond donors (Lipinski definition) is 4. The van der Waals surface area contributed by atoms with Crippen molar-refractivity contribution in [1.29, 1.82) is 0 Å². The summed E-state index contributed by atoms with van der Waals surface area (Å²) in [6.07, 6.45) is 6.69. The second kappa shape index (κ2) is 15.5. The van der Waals surface area contributed by atoms with Crippen molar-refractivity contribution in [3.8, 4) is 21.5 Å². The van der Waals surface area contributed by atoms with Gasteiger partial charge in [-0.25, -0.2) is 9.97 Å². The van der Waals surface area contributed by atoms with Crippen LogP contribution in [0.1, 0.15) is 27.1 Å². The Kier molecular flexibility index (Phi) is 9.58. The van der Waals surface area contributed by atoms with Gasteiger partial charge in [-0.3, -0.25) is 24.9 Å². The van der Waals surface area contributed by atoms with Crippen LogP contribution in [0.25, 0.3) is 43.3 Å². The summed E-state index contributed by atoms with van der Waals surface area (Å²) in [5, 5.41) is 20.2. The molecule has 16 heteroatoms. The van der Waals surface area contributed by atoms with Crippen LogP contribution in [-0.4, -0.2) is 82.1 Å².